The minimum atomic E-state index is -1.04. The van der Waals surface area contributed by atoms with Crippen LogP contribution in [-0.2, 0) is 4.79 Å². The maximum Gasteiger partial charge on any atom is 0.305 e. The number of halogens is 3. The van der Waals surface area contributed by atoms with Gasteiger partial charge in [0.2, 0.25) is 0 Å². The molecule has 0 aliphatic carbocycles. The molecule has 3 N–H and O–H groups in total. The zero-order valence-electron chi connectivity index (χ0n) is 7.61. The summed E-state index contributed by atoms with van der Waals surface area (Å²) < 4.78 is 12.8. The van der Waals surface area contributed by atoms with E-state index < -0.39 is 17.8 Å². The van der Waals surface area contributed by atoms with E-state index in [1.54, 1.807) is 0 Å². The molecule has 1 rings (SSSR count). The highest BCUT2D eigenvalue weighted by Gasteiger charge is 2.14. The number of hydrogen-bond donors (Lipinski definition) is 2. The fourth-order valence-electron chi connectivity index (χ4n) is 1.10. The lowest BCUT2D eigenvalue weighted by Gasteiger charge is -2.10. The number of rotatable bonds is 3. The van der Waals surface area contributed by atoms with E-state index in [2.05, 4.69) is 0 Å². The molecule has 0 aliphatic rings. The Morgan fingerprint density at radius 2 is 2.20 bits per heavy atom. The number of carboxylic acids is 1. The molecular formula is C9H10Cl2FNO2. The molecule has 0 spiro atoms. The van der Waals surface area contributed by atoms with Crippen LogP contribution >= 0.6 is 24.0 Å². The maximum atomic E-state index is 12.8. The molecular weight excluding hydrogens is 244 g/mol. The van der Waals surface area contributed by atoms with Crippen LogP contribution in [0.4, 0.5) is 4.39 Å². The lowest BCUT2D eigenvalue weighted by atomic mass is 10.0. The topological polar surface area (TPSA) is 63.3 Å². The largest absolute Gasteiger partial charge is 0.481 e. The molecule has 0 saturated carbocycles. The summed E-state index contributed by atoms with van der Waals surface area (Å²) in [5.41, 5.74) is 5.85. The summed E-state index contributed by atoms with van der Waals surface area (Å²) in [5.74, 6) is -1.52. The van der Waals surface area contributed by atoms with Crippen LogP contribution in [0.15, 0.2) is 18.2 Å². The van der Waals surface area contributed by atoms with Gasteiger partial charge in [0.15, 0.2) is 0 Å². The molecule has 0 amide bonds. The predicted molar refractivity (Wildman–Crippen MR) is 57.8 cm³/mol. The first-order valence-corrected chi connectivity index (χ1v) is 4.31. The highest BCUT2D eigenvalue weighted by molar-refractivity contribution is 6.31. The molecule has 0 aromatic heterocycles. The van der Waals surface area contributed by atoms with Crippen LogP contribution < -0.4 is 5.73 Å². The predicted octanol–water partition coefficient (Wildman–Crippen LogP) is 2.38. The monoisotopic (exact) mass is 253 g/mol. The van der Waals surface area contributed by atoms with E-state index in [1.165, 1.54) is 12.1 Å². The van der Waals surface area contributed by atoms with E-state index >= 15 is 0 Å². The number of benzene rings is 1. The summed E-state index contributed by atoms with van der Waals surface area (Å²) in [4.78, 5) is 10.4. The number of aliphatic carboxylic acids is 1. The molecule has 1 atom stereocenters. The number of carboxylic acid groups (broad SMARTS) is 1. The zero-order chi connectivity index (χ0) is 10.7. The van der Waals surface area contributed by atoms with Gasteiger partial charge in [0.1, 0.15) is 5.82 Å². The Morgan fingerprint density at radius 3 is 2.73 bits per heavy atom. The Balaban J connectivity index is 0.00000196. The van der Waals surface area contributed by atoms with Gasteiger partial charge in [0, 0.05) is 11.1 Å². The van der Waals surface area contributed by atoms with Gasteiger partial charge >= 0.3 is 5.97 Å². The molecule has 3 nitrogen and oxygen atoms in total. The van der Waals surface area contributed by atoms with Crippen molar-refractivity contribution in [3.8, 4) is 0 Å². The molecule has 0 fully saturated rings. The van der Waals surface area contributed by atoms with Gasteiger partial charge in [0.05, 0.1) is 6.42 Å². The molecule has 1 aromatic carbocycles. The smallest absolute Gasteiger partial charge is 0.305 e. The van der Waals surface area contributed by atoms with Crippen molar-refractivity contribution in [2.75, 3.05) is 0 Å². The van der Waals surface area contributed by atoms with Gasteiger partial charge in [0.25, 0.3) is 0 Å². The van der Waals surface area contributed by atoms with E-state index in [4.69, 9.17) is 22.4 Å². The van der Waals surface area contributed by atoms with Gasteiger partial charge in [-0.25, -0.2) is 4.39 Å². The summed E-state index contributed by atoms with van der Waals surface area (Å²) >= 11 is 5.73. The van der Waals surface area contributed by atoms with Gasteiger partial charge in [-0.3, -0.25) is 4.79 Å². The fourth-order valence-corrected chi connectivity index (χ4v) is 1.35. The van der Waals surface area contributed by atoms with Crippen LogP contribution in [0.2, 0.25) is 5.02 Å². The van der Waals surface area contributed by atoms with Gasteiger partial charge in [-0.1, -0.05) is 11.6 Å². The van der Waals surface area contributed by atoms with E-state index in [9.17, 15) is 9.18 Å². The van der Waals surface area contributed by atoms with Gasteiger partial charge < -0.3 is 10.8 Å². The summed E-state index contributed by atoms with van der Waals surface area (Å²) in [5, 5.41) is 8.77. The molecule has 0 aliphatic heterocycles. The summed E-state index contributed by atoms with van der Waals surface area (Å²) in [6.07, 6.45) is -0.275. The number of nitrogens with two attached hydrogens (primary N) is 1. The normalized spacial score (nSPS) is 11.7. The Bertz CT molecular complexity index is 360. The molecule has 0 radical (unpaired) electrons. The number of hydrogen-bond acceptors (Lipinski definition) is 2. The average Bonchev–Trinajstić information content (AvgIpc) is 2.08. The van der Waals surface area contributed by atoms with Crippen LogP contribution in [0.1, 0.15) is 18.0 Å². The first kappa shape index (κ1) is 14.2. The van der Waals surface area contributed by atoms with Crippen molar-refractivity contribution in [2.24, 2.45) is 5.73 Å². The van der Waals surface area contributed by atoms with Crippen molar-refractivity contribution < 1.29 is 14.3 Å². The van der Waals surface area contributed by atoms with Crippen molar-refractivity contribution in [3.05, 3.63) is 34.6 Å². The van der Waals surface area contributed by atoms with Crippen LogP contribution in [0.25, 0.3) is 0 Å². The van der Waals surface area contributed by atoms with E-state index in [-0.39, 0.29) is 23.9 Å². The fraction of sp³-hybridized carbons (Fsp3) is 0.222. The second-order valence-corrected chi connectivity index (χ2v) is 3.28. The molecule has 6 heteroatoms. The van der Waals surface area contributed by atoms with Crippen LogP contribution in [0.3, 0.4) is 0 Å². The molecule has 15 heavy (non-hydrogen) atoms. The van der Waals surface area contributed by atoms with Gasteiger partial charge in [-0.05, 0) is 23.8 Å². The van der Waals surface area contributed by atoms with E-state index in [0.29, 0.717) is 5.56 Å². The number of carbonyl (C=O) groups is 1. The van der Waals surface area contributed by atoms with E-state index in [1.807, 2.05) is 0 Å². The lowest BCUT2D eigenvalue weighted by Crippen LogP contribution is -2.15. The highest BCUT2D eigenvalue weighted by Crippen LogP contribution is 2.24. The van der Waals surface area contributed by atoms with Crippen molar-refractivity contribution in [2.45, 2.75) is 12.5 Å². The highest BCUT2D eigenvalue weighted by atomic mass is 35.5. The van der Waals surface area contributed by atoms with Crippen molar-refractivity contribution in [1.82, 2.24) is 0 Å². The molecule has 0 heterocycles. The standard InChI is InChI=1S/C9H9ClFNO2.ClH/c10-7-2-1-5(11)3-6(7)8(12)4-9(13)14;/h1-3,8H,4,12H2,(H,13,14);1H/t8-;/m0./s1. The first-order valence-electron chi connectivity index (χ1n) is 3.93. The average molecular weight is 254 g/mol. The van der Waals surface area contributed by atoms with Crippen LogP contribution in [0.5, 0.6) is 0 Å². The van der Waals surface area contributed by atoms with Crippen LogP contribution in [-0.4, -0.2) is 11.1 Å². The summed E-state index contributed by atoms with van der Waals surface area (Å²) in [6, 6.07) is 2.92. The van der Waals surface area contributed by atoms with Gasteiger partial charge in [-0.15, -0.1) is 12.4 Å². The van der Waals surface area contributed by atoms with Crippen molar-refractivity contribution >= 4 is 30.0 Å². The first-order chi connectivity index (χ1) is 6.50. The molecule has 1 aromatic rings. The van der Waals surface area contributed by atoms with Gasteiger partial charge in [-0.2, -0.15) is 0 Å². The summed E-state index contributed by atoms with van der Waals surface area (Å²) in [6.45, 7) is 0. The van der Waals surface area contributed by atoms with E-state index in [0.717, 1.165) is 6.07 Å². The van der Waals surface area contributed by atoms with Crippen molar-refractivity contribution in [1.29, 1.82) is 0 Å². The maximum absolute atomic E-state index is 12.8. The third-order valence-electron chi connectivity index (χ3n) is 1.75. The Kier molecular flexibility index (Phi) is 5.57. The Morgan fingerprint density at radius 1 is 1.60 bits per heavy atom. The second-order valence-electron chi connectivity index (χ2n) is 2.87. The van der Waals surface area contributed by atoms with Crippen molar-refractivity contribution in [3.63, 3.8) is 0 Å². The van der Waals surface area contributed by atoms with Crippen LogP contribution in [0, 0.1) is 5.82 Å². The SMILES string of the molecule is Cl.N[C@@H](CC(=O)O)c1cc(F)ccc1Cl. The third-order valence-corrected chi connectivity index (χ3v) is 2.10. The zero-order valence-corrected chi connectivity index (χ0v) is 9.19. The Hall–Kier alpha value is -0.840. The summed E-state index contributed by atoms with van der Waals surface area (Å²) in [7, 11) is 0. The molecule has 84 valence electrons. The molecule has 0 saturated heterocycles. The minimum Gasteiger partial charge on any atom is -0.481 e. The molecule has 0 unspecified atom stereocenters. The Labute approximate surface area is 97.4 Å². The minimum absolute atomic E-state index is 0. The second kappa shape index (κ2) is 5.90. The quantitative estimate of drug-likeness (QED) is 0.870. The molecule has 0 bridgehead atoms. The lowest BCUT2D eigenvalue weighted by molar-refractivity contribution is -0.137. The third kappa shape index (κ3) is 4.03.